The number of hydrogen-bond donors (Lipinski definition) is 3. The van der Waals surface area contributed by atoms with Gasteiger partial charge in [-0.3, -0.25) is 9.69 Å². The van der Waals surface area contributed by atoms with Gasteiger partial charge in [-0.15, -0.1) is 0 Å². The highest BCUT2D eigenvalue weighted by Gasteiger charge is 2.33. The zero-order valence-corrected chi connectivity index (χ0v) is 16.9. The lowest BCUT2D eigenvalue weighted by Crippen LogP contribution is -2.37. The van der Waals surface area contributed by atoms with Crippen LogP contribution in [0.25, 0.3) is 0 Å². The molecule has 3 N–H and O–H groups in total. The fourth-order valence-electron chi connectivity index (χ4n) is 3.64. The van der Waals surface area contributed by atoms with Crippen molar-refractivity contribution in [1.82, 2.24) is 10.2 Å². The van der Waals surface area contributed by atoms with Crippen LogP contribution in [-0.2, 0) is 6.54 Å². The number of ether oxygens (including phenoxy) is 1. The lowest BCUT2D eigenvalue weighted by atomic mass is 10.1. The third-order valence-electron chi connectivity index (χ3n) is 5.11. The van der Waals surface area contributed by atoms with Crippen LogP contribution in [0.15, 0.2) is 42.5 Å². The van der Waals surface area contributed by atoms with E-state index in [2.05, 4.69) is 27.7 Å². The quantitative estimate of drug-likeness (QED) is 0.663. The van der Waals surface area contributed by atoms with E-state index >= 15 is 0 Å². The van der Waals surface area contributed by atoms with E-state index in [4.69, 9.17) is 16.3 Å². The largest absolute Gasteiger partial charge is 0.496 e. The second-order valence-corrected chi connectivity index (χ2v) is 7.35. The van der Waals surface area contributed by atoms with E-state index in [1.807, 2.05) is 18.2 Å². The number of likely N-dealkylation sites (tertiary alicyclic amines) is 1. The molecule has 0 saturated carbocycles. The average molecular weight is 404 g/mol. The molecule has 2 atom stereocenters. The fourth-order valence-corrected chi connectivity index (χ4v) is 3.90. The lowest BCUT2D eigenvalue weighted by Gasteiger charge is -2.22. The molecule has 1 aliphatic rings. The van der Waals surface area contributed by atoms with Gasteiger partial charge in [0.2, 0.25) is 0 Å². The summed E-state index contributed by atoms with van der Waals surface area (Å²) in [6, 6.07) is 13.4. The molecule has 2 aromatic carbocycles. The van der Waals surface area contributed by atoms with Crippen molar-refractivity contribution in [2.75, 3.05) is 32.6 Å². The molecule has 0 unspecified atom stereocenters. The number of aliphatic hydroxyl groups is 1. The molecule has 28 heavy (non-hydrogen) atoms. The number of hydrogen-bond acceptors (Lipinski definition) is 5. The van der Waals surface area contributed by atoms with Crippen molar-refractivity contribution in [2.24, 2.45) is 0 Å². The molecule has 3 rings (SSSR count). The Balaban J connectivity index is 1.70. The highest BCUT2D eigenvalue weighted by Crippen LogP contribution is 2.31. The van der Waals surface area contributed by atoms with E-state index in [9.17, 15) is 9.90 Å². The summed E-state index contributed by atoms with van der Waals surface area (Å²) >= 11 is 6.24. The van der Waals surface area contributed by atoms with Crippen molar-refractivity contribution in [2.45, 2.75) is 25.0 Å². The van der Waals surface area contributed by atoms with Crippen LogP contribution >= 0.6 is 11.6 Å². The van der Waals surface area contributed by atoms with Crippen LogP contribution in [0.2, 0.25) is 5.02 Å². The number of nitrogens with one attached hydrogen (secondary N) is 2. The number of nitrogens with zero attached hydrogens (tertiary/aromatic N) is 1. The molecule has 2 aromatic rings. The molecule has 1 saturated heterocycles. The van der Waals surface area contributed by atoms with E-state index in [1.54, 1.807) is 19.2 Å². The number of anilines is 1. The number of rotatable bonds is 7. The second kappa shape index (κ2) is 9.28. The lowest BCUT2D eigenvalue weighted by molar-refractivity contribution is 0.0934. The Labute approximate surface area is 170 Å². The number of carbonyl (C=O) groups excluding carboxylic acids is 1. The summed E-state index contributed by atoms with van der Waals surface area (Å²) < 4.78 is 5.36. The number of carbonyl (C=O) groups is 1. The summed E-state index contributed by atoms with van der Waals surface area (Å²) in [4.78, 5) is 15.0. The van der Waals surface area contributed by atoms with E-state index in [0.717, 1.165) is 6.54 Å². The first kappa shape index (κ1) is 20.5. The van der Waals surface area contributed by atoms with E-state index in [1.165, 1.54) is 12.7 Å². The van der Waals surface area contributed by atoms with Gasteiger partial charge in [0.25, 0.3) is 5.91 Å². The number of benzene rings is 2. The van der Waals surface area contributed by atoms with Crippen LogP contribution in [0.5, 0.6) is 5.75 Å². The highest BCUT2D eigenvalue weighted by atomic mass is 35.5. The van der Waals surface area contributed by atoms with Crippen molar-refractivity contribution in [1.29, 1.82) is 0 Å². The van der Waals surface area contributed by atoms with Crippen molar-refractivity contribution >= 4 is 23.2 Å². The normalized spacial score (nSPS) is 19.4. The van der Waals surface area contributed by atoms with E-state index < -0.39 is 0 Å². The van der Waals surface area contributed by atoms with E-state index in [-0.39, 0.29) is 24.6 Å². The minimum atomic E-state index is -0.232. The van der Waals surface area contributed by atoms with Gasteiger partial charge in [-0.05, 0) is 18.1 Å². The van der Waals surface area contributed by atoms with Crippen LogP contribution in [-0.4, -0.2) is 55.3 Å². The van der Waals surface area contributed by atoms with Gasteiger partial charge in [0, 0.05) is 38.3 Å². The topological polar surface area (TPSA) is 73.8 Å². The number of halogens is 1. The smallest absolute Gasteiger partial charge is 0.255 e. The second-order valence-electron chi connectivity index (χ2n) is 6.94. The summed E-state index contributed by atoms with van der Waals surface area (Å²) in [5.74, 6) is 0.230. The average Bonchev–Trinajstić information content (AvgIpc) is 3.09. The Morgan fingerprint density at radius 1 is 1.32 bits per heavy atom. The molecular formula is C21H26ClN3O3. The molecule has 150 valence electrons. The van der Waals surface area contributed by atoms with Gasteiger partial charge >= 0.3 is 0 Å². The molecule has 1 aliphatic heterocycles. The minimum Gasteiger partial charge on any atom is -0.496 e. The first-order chi connectivity index (χ1) is 13.5. The van der Waals surface area contributed by atoms with Crippen LogP contribution in [0, 0.1) is 0 Å². The van der Waals surface area contributed by atoms with Gasteiger partial charge in [0.1, 0.15) is 5.75 Å². The maximum Gasteiger partial charge on any atom is 0.255 e. The molecule has 0 aliphatic carbocycles. The van der Waals surface area contributed by atoms with Gasteiger partial charge < -0.3 is 20.5 Å². The van der Waals surface area contributed by atoms with Crippen LogP contribution in [0.4, 0.5) is 5.69 Å². The molecule has 0 radical (unpaired) electrons. The third kappa shape index (κ3) is 4.58. The highest BCUT2D eigenvalue weighted by molar-refractivity contribution is 6.33. The van der Waals surface area contributed by atoms with Crippen molar-refractivity contribution < 1.29 is 14.6 Å². The molecule has 1 fully saturated rings. The zero-order valence-electron chi connectivity index (χ0n) is 16.1. The SMILES string of the molecule is CNc1cc(OC)c(C(=O)N[C@H]2C[C@H](CO)N(Cc3ccccc3)C2)cc1Cl. The zero-order chi connectivity index (χ0) is 20.1. The van der Waals surface area contributed by atoms with Gasteiger partial charge in [0.05, 0.1) is 30.0 Å². The summed E-state index contributed by atoms with van der Waals surface area (Å²) in [7, 11) is 3.29. The van der Waals surface area contributed by atoms with Crippen molar-refractivity contribution in [3.8, 4) is 5.75 Å². The third-order valence-corrected chi connectivity index (χ3v) is 5.42. The standard InChI is InChI=1S/C21H26ClN3O3/c1-23-19-10-20(28-2)17(9-18(19)22)21(27)24-15-8-16(13-26)25(12-15)11-14-6-4-3-5-7-14/h3-7,9-10,15-16,23,26H,8,11-13H2,1-2H3,(H,24,27)/t15-,16+/m0/s1. The first-order valence-electron chi connectivity index (χ1n) is 9.30. The number of aliphatic hydroxyl groups excluding tert-OH is 1. The maximum atomic E-state index is 12.8. The Hall–Kier alpha value is -2.28. The Morgan fingerprint density at radius 3 is 2.71 bits per heavy atom. The summed E-state index contributed by atoms with van der Waals surface area (Å²) in [6.07, 6.45) is 0.694. The van der Waals surface area contributed by atoms with Crippen LogP contribution in [0.1, 0.15) is 22.3 Å². The number of amides is 1. The Kier molecular flexibility index (Phi) is 6.78. The fraction of sp³-hybridized carbons (Fsp3) is 0.381. The van der Waals surface area contributed by atoms with E-state index in [0.29, 0.717) is 35.0 Å². The number of methoxy groups -OCH3 is 1. The van der Waals surface area contributed by atoms with Crippen LogP contribution in [0.3, 0.4) is 0 Å². The molecule has 0 aromatic heterocycles. The van der Waals surface area contributed by atoms with Gasteiger partial charge in [-0.2, -0.15) is 0 Å². The Bertz CT molecular complexity index is 816. The molecule has 0 spiro atoms. The van der Waals surface area contributed by atoms with Gasteiger partial charge in [-0.1, -0.05) is 41.9 Å². The molecule has 1 amide bonds. The maximum absolute atomic E-state index is 12.8. The van der Waals surface area contributed by atoms with Gasteiger partial charge in [0.15, 0.2) is 0 Å². The Morgan fingerprint density at radius 2 is 2.07 bits per heavy atom. The molecule has 6 nitrogen and oxygen atoms in total. The van der Waals surface area contributed by atoms with Crippen LogP contribution < -0.4 is 15.4 Å². The predicted molar refractivity (Wildman–Crippen MR) is 111 cm³/mol. The summed E-state index contributed by atoms with van der Waals surface area (Å²) in [5.41, 5.74) is 2.28. The minimum absolute atomic E-state index is 0.0163. The monoisotopic (exact) mass is 403 g/mol. The predicted octanol–water partition coefficient (Wildman–Crippen LogP) is 2.76. The van der Waals surface area contributed by atoms with Gasteiger partial charge in [-0.25, -0.2) is 0 Å². The molecule has 1 heterocycles. The molecule has 0 bridgehead atoms. The summed E-state index contributed by atoms with van der Waals surface area (Å²) in [6.45, 7) is 1.48. The first-order valence-corrected chi connectivity index (χ1v) is 9.68. The molecule has 7 heteroatoms. The summed E-state index contributed by atoms with van der Waals surface area (Å²) in [5, 5.41) is 16.3. The van der Waals surface area contributed by atoms with Crippen molar-refractivity contribution in [3.63, 3.8) is 0 Å². The van der Waals surface area contributed by atoms with Crippen molar-refractivity contribution in [3.05, 3.63) is 58.6 Å². The molecular weight excluding hydrogens is 378 g/mol.